The van der Waals surface area contributed by atoms with Crippen LogP contribution in [0.3, 0.4) is 0 Å². The summed E-state index contributed by atoms with van der Waals surface area (Å²) in [5.41, 5.74) is 0.762. The van der Waals surface area contributed by atoms with Crippen LogP contribution in [0.4, 0.5) is 14.6 Å². The number of benzene rings is 1. The van der Waals surface area contributed by atoms with Gasteiger partial charge in [-0.1, -0.05) is 12.1 Å². The predicted octanol–water partition coefficient (Wildman–Crippen LogP) is 2.41. The van der Waals surface area contributed by atoms with E-state index in [4.69, 9.17) is 0 Å². The molecule has 7 nitrogen and oxygen atoms in total. The Morgan fingerprint density at radius 3 is 2.90 bits per heavy atom. The molecule has 1 saturated heterocycles. The smallest absolute Gasteiger partial charge is 0.257 e. The van der Waals surface area contributed by atoms with Gasteiger partial charge in [-0.25, -0.2) is 18.3 Å². The summed E-state index contributed by atoms with van der Waals surface area (Å²) >= 11 is 0. The first-order valence-electron chi connectivity index (χ1n) is 9.92. The van der Waals surface area contributed by atoms with Crippen LogP contribution in [-0.2, 0) is 0 Å². The Morgan fingerprint density at radius 1 is 1.33 bits per heavy atom. The van der Waals surface area contributed by atoms with Gasteiger partial charge in [-0.2, -0.15) is 5.10 Å². The molecule has 3 aromatic rings. The molecule has 1 aliphatic carbocycles. The molecular weight excluding hydrogens is 392 g/mol. The molecule has 5 rings (SSSR count). The Morgan fingerprint density at radius 2 is 2.17 bits per heavy atom. The van der Waals surface area contributed by atoms with Crippen LogP contribution in [-0.4, -0.2) is 50.5 Å². The van der Waals surface area contributed by atoms with Gasteiger partial charge in [-0.15, -0.1) is 0 Å². The number of hydrogen-bond acceptors (Lipinski definition) is 5. The SMILES string of the molecule is O=C(NC1(CO)CC1)c1cnn2ccc(N3CC(F)CC3c3cccc(F)c3)nc12. The van der Waals surface area contributed by atoms with Gasteiger partial charge in [0.15, 0.2) is 5.65 Å². The molecule has 1 aromatic carbocycles. The second-order valence-corrected chi connectivity index (χ2v) is 8.06. The molecule has 2 unspecified atom stereocenters. The average Bonchev–Trinajstić information content (AvgIpc) is 3.19. The minimum absolute atomic E-state index is 0.113. The highest BCUT2D eigenvalue weighted by atomic mass is 19.1. The number of rotatable bonds is 5. The molecule has 2 aromatic heterocycles. The average molecular weight is 413 g/mol. The van der Waals surface area contributed by atoms with E-state index in [-0.39, 0.29) is 42.9 Å². The number of alkyl halides is 1. The molecule has 9 heteroatoms. The summed E-state index contributed by atoms with van der Waals surface area (Å²) in [6.45, 7) is 0.0191. The van der Waals surface area contributed by atoms with Crippen molar-refractivity contribution < 1.29 is 18.7 Å². The Hall–Kier alpha value is -3.07. The Kier molecular flexibility index (Phi) is 4.43. The number of halogens is 2. The number of carbonyl (C=O) groups excluding carboxylic acids is 1. The molecule has 0 spiro atoms. The molecule has 1 saturated carbocycles. The summed E-state index contributed by atoms with van der Waals surface area (Å²) in [4.78, 5) is 19.1. The number of anilines is 1. The van der Waals surface area contributed by atoms with Crippen LogP contribution < -0.4 is 10.2 Å². The number of amides is 1. The maximum absolute atomic E-state index is 14.3. The summed E-state index contributed by atoms with van der Waals surface area (Å²) in [5, 5.41) is 16.5. The maximum Gasteiger partial charge on any atom is 0.257 e. The third-order valence-electron chi connectivity index (χ3n) is 5.91. The molecule has 1 aliphatic heterocycles. The standard InChI is InChI=1S/C21H21F2N5O2/c22-14-3-1-2-13(8-14)17-9-15(23)11-27(17)18-4-7-28-19(25-18)16(10-24-28)20(30)26-21(12-29)5-6-21/h1-4,7-8,10,15,17,29H,5-6,9,11-12H2,(H,26,30). The van der Waals surface area contributed by atoms with Crippen molar-refractivity contribution in [3.63, 3.8) is 0 Å². The minimum atomic E-state index is -1.07. The lowest BCUT2D eigenvalue weighted by Crippen LogP contribution is -2.39. The van der Waals surface area contributed by atoms with Gasteiger partial charge in [-0.05, 0) is 36.6 Å². The maximum atomic E-state index is 14.3. The fraction of sp³-hybridized carbons (Fsp3) is 0.381. The topological polar surface area (TPSA) is 82.8 Å². The van der Waals surface area contributed by atoms with E-state index in [0.29, 0.717) is 17.0 Å². The number of carbonyl (C=O) groups is 1. The summed E-state index contributed by atoms with van der Waals surface area (Å²) in [6.07, 6.45) is 3.73. The van der Waals surface area contributed by atoms with Gasteiger partial charge in [0.1, 0.15) is 23.4 Å². The zero-order valence-electron chi connectivity index (χ0n) is 16.1. The minimum Gasteiger partial charge on any atom is -0.394 e. The molecule has 2 atom stereocenters. The third kappa shape index (κ3) is 3.28. The van der Waals surface area contributed by atoms with Crippen molar-refractivity contribution >= 4 is 17.4 Å². The van der Waals surface area contributed by atoms with E-state index in [0.717, 1.165) is 12.8 Å². The van der Waals surface area contributed by atoms with Gasteiger partial charge in [0.25, 0.3) is 5.91 Å². The molecule has 2 N–H and O–H groups in total. The van der Waals surface area contributed by atoms with Gasteiger partial charge in [0.2, 0.25) is 0 Å². The second-order valence-electron chi connectivity index (χ2n) is 8.06. The number of aliphatic hydroxyl groups excluding tert-OH is 1. The molecule has 2 fully saturated rings. The summed E-state index contributed by atoms with van der Waals surface area (Å²) in [7, 11) is 0. The Bertz CT molecular complexity index is 1110. The molecule has 2 aliphatic rings. The van der Waals surface area contributed by atoms with Crippen molar-refractivity contribution in [2.45, 2.75) is 37.0 Å². The molecule has 156 valence electrons. The molecular formula is C21H21F2N5O2. The molecule has 1 amide bonds. The third-order valence-corrected chi connectivity index (χ3v) is 5.91. The lowest BCUT2D eigenvalue weighted by atomic mass is 10.0. The van der Waals surface area contributed by atoms with E-state index < -0.39 is 11.7 Å². The lowest BCUT2D eigenvalue weighted by Gasteiger charge is -2.25. The van der Waals surface area contributed by atoms with Crippen LogP contribution in [0.2, 0.25) is 0 Å². The van der Waals surface area contributed by atoms with E-state index in [1.807, 2.05) is 0 Å². The molecule has 0 radical (unpaired) electrons. The first-order valence-corrected chi connectivity index (χ1v) is 9.92. The predicted molar refractivity (Wildman–Crippen MR) is 106 cm³/mol. The summed E-state index contributed by atoms with van der Waals surface area (Å²) in [5.74, 6) is -0.228. The fourth-order valence-electron chi connectivity index (χ4n) is 4.03. The number of nitrogens with one attached hydrogen (secondary N) is 1. The van der Waals surface area contributed by atoms with Crippen molar-refractivity contribution in [2.24, 2.45) is 0 Å². The highest BCUT2D eigenvalue weighted by Crippen LogP contribution is 2.37. The largest absolute Gasteiger partial charge is 0.394 e. The number of aromatic nitrogens is 3. The summed E-state index contributed by atoms with van der Waals surface area (Å²) < 4.78 is 29.5. The van der Waals surface area contributed by atoms with Gasteiger partial charge < -0.3 is 15.3 Å². The highest BCUT2D eigenvalue weighted by Gasteiger charge is 2.44. The van der Waals surface area contributed by atoms with Crippen molar-refractivity contribution in [2.75, 3.05) is 18.1 Å². The highest BCUT2D eigenvalue weighted by molar-refractivity contribution is 6.00. The van der Waals surface area contributed by atoms with Crippen LogP contribution in [0.15, 0.2) is 42.7 Å². The number of nitrogens with zero attached hydrogens (tertiary/aromatic N) is 4. The van der Waals surface area contributed by atoms with Gasteiger partial charge >= 0.3 is 0 Å². The van der Waals surface area contributed by atoms with Crippen LogP contribution in [0.25, 0.3) is 5.65 Å². The Balaban J connectivity index is 1.49. The fourth-order valence-corrected chi connectivity index (χ4v) is 4.03. The molecule has 0 bridgehead atoms. The number of aliphatic hydroxyl groups is 1. The van der Waals surface area contributed by atoms with Crippen LogP contribution >= 0.6 is 0 Å². The molecule has 30 heavy (non-hydrogen) atoms. The van der Waals surface area contributed by atoms with Crippen LogP contribution in [0.5, 0.6) is 0 Å². The van der Waals surface area contributed by atoms with Crippen molar-refractivity contribution in [3.8, 4) is 0 Å². The zero-order valence-corrected chi connectivity index (χ0v) is 16.1. The van der Waals surface area contributed by atoms with Crippen molar-refractivity contribution in [1.29, 1.82) is 0 Å². The second kappa shape index (κ2) is 7.02. The van der Waals surface area contributed by atoms with Crippen molar-refractivity contribution in [1.82, 2.24) is 19.9 Å². The van der Waals surface area contributed by atoms with Gasteiger partial charge in [0.05, 0.1) is 30.9 Å². The number of fused-ring (bicyclic) bond motifs is 1. The molecule has 3 heterocycles. The first-order chi connectivity index (χ1) is 14.5. The van der Waals surface area contributed by atoms with Crippen LogP contribution in [0.1, 0.15) is 41.2 Å². The van der Waals surface area contributed by atoms with Crippen molar-refractivity contribution in [3.05, 3.63) is 59.7 Å². The first kappa shape index (κ1) is 18.9. The quantitative estimate of drug-likeness (QED) is 0.671. The van der Waals surface area contributed by atoms with E-state index in [9.17, 15) is 18.7 Å². The Labute approximate surface area is 171 Å². The lowest BCUT2D eigenvalue weighted by molar-refractivity contribution is 0.0908. The van der Waals surface area contributed by atoms with Gasteiger partial charge in [0, 0.05) is 12.6 Å². The summed E-state index contributed by atoms with van der Waals surface area (Å²) in [6, 6.07) is 7.52. The normalized spacial score (nSPS) is 22.4. The van der Waals surface area contributed by atoms with Gasteiger partial charge in [-0.3, -0.25) is 4.79 Å². The van der Waals surface area contributed by atoms with E-state index >= 15 is 0 Å². The van der Waals surface area contributed by atoms with Crippen LogP contribution in [0, 0.1) is 5.82 Å². The van der Waals surface area contributed by atoms with E-state index in [1.54, 1.807) is 29.3 Å². The monoisotopic (exact) mass is 413 g/mol. The van der Waals surface area contributed by atoms with E-state index in [2.05, 4.69) is 15.4 Å². The number of hydrogen-bond donors (Lipinski definition) is 2. The van der Waals surface area contributed by atoms with E-state index in [1.165, 1.54) is 22.8 Å². The zero-order chi connectivity index (χ0) is 20.9.